The summed E-state index contributed by atoms with van der Waals surface area (Å²) in [5.41, 5.74) is 3.98. The Labute approximate surface area is 188 Å². The van der Waals surface area contributed by atoms with Crippen molar-refractivity contribution in [3.05, 3.63) is 75.2 Å². The summed E-state index contributed by atoms with van der Waals surface area (Å²) in [5, 5.41) is 2.91. The first kappa shape index (κ1) is 22.8. The predicted octanol–water partition coefficient (Wildman–Crippen LogP) is 5.65. The van der Waals surface area contributed by atoms with Gasteiger partial charge in [-0.1, -0.05) is 19.9 Å². The lowest BCUT2D eigenvalue weighted by molar-refractivity contribution is 0.0720. The van der Waals surface area contributed by atoms with E-state index in [9.17, 15) is 4.79 Å². The Morgan fingerprint density at radius 1 is 1.06 bits per heavy atom. The van der Waals surface area contributed by atoms with Crippen LogP contribution in [0.1, 0.15) is 46.0 Å². The number of carbonyl (C=O) groups excluding carboxylic acids is 1. The van der Waals surface area contributed by atoms with Crippen LogP contribution in [0.4, 0.5) is 0 Å². The SMILES string of the molecule is COc1ccc(C(=O)N(Cc2csc(COc3ccc(C)c(C)c3)n2)CC(C)C)cc1. The van der Waals surface area contributed by atoms with Crippen LogP contribution in [0.25, 0.3) is 0 Å². The fraction of sp³-hybridized carbons (Fsp3) is 0.360. The van der Waals surface area contributed by atoms with Gasteiger partial charge < -0.3 is 14.4 Å². The van der Waals surface area contributed by atoms with E-state index in [-0.39, 0.29) is 5.91 Å². The standard InChI is InChI=1S/C25H30N2O3S/c1-17(2)13-27(25(28)20-7-10-22(29-5)11-8-20)14-21-16-31-24(26-21)15-30-23-9-6-18(3)19(4)12-23/h6-12,16-17H,13-15H2,1-5H3. The summed E-state index contributed by atoms with van der Waals surface area (Å²) in [6, 6.07) is 13.3. The van der Waals surface area contributed by atoms with Crippen LogP contribution in [-0.4, -0.2) is 29.4 Å². The normalized spacial score (nSPS) is 10.9. The second-order valence-electron chi connectivity index (χ2n) is 8.08. The average Bonchev–Trinajstić information content (AvgIpc) is 3.20. The number of thiazole rings is 1. The molecule has 0 spiro atoms. The molecule has 1 amide bonds. The number of aryl methyl sites for hydroxylation is 2. The van der Waals surface area contributed by atoms with Crippen LogP contribution in [0.15, 0.2) is 47.8 Å². The number of carbonyl (C=O) groups is 1. The maximum absolute atomic E-state index is 13.1. The van der Waals surface area contributed by atoms with Crippen molar-refractivity contribution in [2.24, 2.45) is 5.92 Å². The van der Waals surface area contributed by atoms with Crippen molar-refractivity contribution in [1.29, 1.82) is 0 Å². The van der Waals surface area contributed by atoms with E-state index in [0.717, 1.165) is 22.2 Å². The molecule has 0 radical (unpaired) electrons. The van der Waals surface area contributed by atoms with Crippen LogP contribution >= 0.6 is 11.3 Å². The Bertz CT molecular complexity index is 1010. The van der Waals surface area contributed by atoms with Crippen molar-refractivity contribution in [2.45, 2.75) is 40.8 Å². The Morgan fingerprint density at radius 2 is 1.77 bits per heavy atom. The Morgan fingerprint density at radius 3 is 2.42 bits per heavy atom. The fourth-order valence-electron chi connectivity index (χ4n) is 3.21. The van der Waals surface area contributed by atoms with E-state index in [1.54, 1.807) is 30.6 Å². The van der Waals surface area contributed by atoms with E-state index in [2.05, 4.69) is 33.8 Å². The summed E-state index contributed by atoms with van der Waals surface area (Å²) in [4.78, 5) is 19.6. The molecule has 0 saturated heterocycles. The van der Waals surface area contributed by atoms with Crippen molar-refractivity contribution in [2.75, 3.05) is 13.7 Å². The number of hydrogen-bond donors (Lipinski definition) is 0. The predicted molar refractivity (Wildman–Crippen MR) is 125 cm³/mol. The molecule has 5 nitrogen and oxygen atoms in total. The molecule has 3 rings (SSSR count). The number of methoxy groups -OCH3 is 1. The molecular weight excluding hydrogens is 408 g/mol. The van der Waals surface area contributed by atoms with Gasteiger partial charge in [0.2, 0.25) is 0 Å². The summed E-state index contributed by atoms with van der Waals surface area (Å²) in [7, 11) is 1.62. The van der Waals surface area contributed by atoms with E-state index < -0.39 is 0 Å². The van der Waals surface area contributed by atoms with Gasteiger partial charge >= 0.3 is 0 Å². The molecule has 2 aromatic carbocycles. The number of nitrogens with zero attached hydrogens (tertiary/aromatic N) is 2. The van der Waals surface area contributed by atoms with Gasteiger partial charge in [0, 0.05) is 17.5 Å². The van der Waals surface area contributed by atoms with Gasteiger partial charge in [-0.25, -0.2) is 4.98 Å². The minimum absolute atomic E-state index is 0.00252. The molecule has 0 bridgehead atoms. The van der Waals surface area contributed by atoms with Crippen molar-refractivity contribution < 1.29 is 14.3 Å². The van der Waals surface area contributed by atoms with Gasteiger partial charge in [-0.3, -0.25) is 4.79 Å². The average molecular weight is 439 g/mol. The van der Waals surface area contributed by atoms with Gasteiger partial charge in [-0.15, -0.1) is 11.3 Å². The maximum atomic E-state index is 13.1. The zero-order chi connectivity index (χ0) is 22.4. The summed E-state index contributed by atoms with van der Waals surface area (Å²) < 4.78 is 11.1. The van der Waals surface area contributed by atoms with Crippen LogP contribution < -0.4 is 9.47 Å². The molecule has 0 aliphatic heterocycles. The molecule has 1 aromatic heterocycles. The van der Waals surface area contributed by atoms with E-state index >= 15 is 0 Å². The Balaban J connectivity index is 1.66. The topological polar surface area (TPSA) is 51.7 Å². The second-order valence-corrected chi connectivity index (χ2v) is 9.02. The summed E-state index contributed by atoms with van der Waals surface area (Å²) >= 11 is 1.56. The monoisotopic (exact) mass is 438 g/mol. The molecule has 6 heteroatoms. The molecule has 0 aliphatic rings. The van der Waals surface area contributed by atoms with Crippen LogP contribution in [0.3, 0.4) is 0 Å². The van der Waals surface area contributed by atoms with Crippen LogP contribution in [0.2, 0.25) is 0 Å². The minimum atomic E-state index is -0.00252. The van der Waals surface area contributed by atoms with E-state index in [4.69, 9.17) is 14.5 Å². The van der Waals surface area contributed by atoms with E-state index in [1.165, 1.54) is 11.1 Å². The molecule has 0 fully saturated rings. The molecule has 164 valence electrons. The van der Waals surface area contributed by atoms with Crippen molar-refractivity contribution in [3.63, 3.8) is 0 Å². The van der Waals surface area contributed by atoms with Crippen molar-refractivity contribution in [1.82, 2.24) is 9.88 Å². The van der Waals surface area contributed by atoms with Gasteiger partial charge in [0.25, 0.3) is 5.91 Å². The lowest BCUT2D eigenvalue weighted by Gasteiger charge is -2.24. The smallest absolute Gasteiger partial charge is 0.254 e. The van der Waals surface area contributed by atoms with Crippen LogP contribution in [-0.2, 0) is 13.2 Å². The number of ether oxygens (including phenoxy) is 2. The van der Waals surface area contributed by atoms with Gasteiger partial charge in [-0.2, -0.15) is 0 Å². The van der Waals surface area contributed by atoms with Crippen molar-refractivity contribution in [3.8, 4) is 11.5 Å². The quantitative estimate of drug-likeness (QED) is 0.433. The molecule has 0 N–H and O–H groups in total. The highest BCUT2D eigenvalue weighted by atomic mass is 32.1. The Kier molecular flexibility index (Phi) is 7.69. The summed E-state index contributed by atoms with van der Waals surface area (Å²) in [6.07, 6.45) is 0. The second kappa shape index (κ2) is 10.4. The largest absolute Gasteiger partial charge is 0.497 e. The van der Waals surface area contributed by atoms with Gasteiger partial charge in [0.15, 0.2) is 0 Å². The lowest BCUT2D eigenvalue weighted by Crippen LogP contribution is -2.33. The Hall–Kier alpha value is -2.86. The first-order valence-electron chi connectivity index (χ1n) is 10.4. The van der Waals surface area contributed by atoms with E-state index in [1.807, 2.05) is 34.5 Å². The summed E-state index contributed by atoms with van der Waals surface area (Å²) in [6.45, 7) is 9.94. The molecule has 31 heavy (non-hydrogen) atoms. The van der Waals surface area contributed by atoms with Crippen LogP contribution in [0.5, 0.6) is 11.5 Å². The van der Waals surface area contributed by atoms with E-state index in [0.29, 0.717) is 31.2 Å². The number of amides is 1. The molecular formula is C25H30N2O3S. The third-order valence-electron chi connectivity index (χ3n) is 5.00. The number of aromatic nitrogens is 1. The molecule has 0 aliphatic carbocycles. The zero-order valence-electron chi connectivity index (χ0n) is 18.8. The molecule has 0 atom stereocenters. The third-order valence-corrected chi connectivity index (χ3v) is 5.87. The van der Waals surface area contributed by atoms with Crippen molar-refractivity contribution >= 4 is 17.2 Å². The first-order valence-corrected chi connectivity index (χ1v) is 11.3. The molecule has 0 saturated carbocycles. The number of benzene rings is 2. The molecule has 0 unspecified atom stereocenters. The third kappa shape index (κ3) is 6.31. The number of rotatable bonds is 9. The summed E-state index contributed by atoms with van der Waals surface area (Å²) in [5.74, 6) is 1.93. The minimum Gasteiger partial charge on any atom is -0.497 e. The maximum Gasteiger partial charge on any atom is 0.254 e. The highest BCUT2D eigenvalue weighted by Gasteiger charge is 2.19. The van der Waals surface area contributed by atoms with Gasteiger partial charge in [0.1, 0.15) is 23.1 Å². The highest BCUT2D eigenvalue weighted by Crippen LogP contribution is 2.20. The van der Waals surface area contributed by atoms with Gasteiger partial charge in [0.05, 0.1) is 19.3 Å². The highest BCUT2D eigenvalue weighted by molar-refractivity contribution is 7.09. The van der Waals surface area contributed by atoms with Gasteiger partial charge in [-0.05, 0) is 67.3 Å². The zero-order valence-corrected chi connectivity index (χ0v) is 19.7. The molecule has 3 aromatic rings. The fourth-order valence-corrected chi connectivity index (χ4v) is 3.90. The first-order chi connectivity index (χ1) is 14.9. The number of hydrogen-bond acceptors (Lipinski definition) is 5. The molecule has 1 heterocycles. The lowest BCUT2D eigenvalue weighted by atomic mass is 10.1. The van der Waals surface area contributed by atoms with Crippen LogP contribution in [0, 0.1) is 19.8 Å².